The largest absolute Gasteiger partial charge is 0.508 e. The van der Waals surface area contributed by atoms with E-state index in [9.17, 15) is 14.7 Å². The van der Waals surface area contributed by atoms with Crippen LogP contribution in [0.25, 0.3) is 0 Å². The summed E-state index contributed by atoms with van der Waals surface area (Å²) in [4.78, 5) is 22.3. The van der Waals surface area contributed by atoms with Gasteiger partial charge < -0.3 is 15.2 Å². The number of carbonyl (C=O) groups excluding carboxylic acids is 2. The summed E-state index contributed by atoms with van der Waals surface area (Å²) in [7, 11) is 1.24. The summed E-state index contributed by atoms with van der Waals surface area (Å²) < 4.78 is 4.36. The smallest absolute Gasteiger partial charge is 0.330 e. The number of aliphatic hydroxyl groups excluding tert-OH is 1. The van der Waals surface area contributed by atoms with Crippen molar-refractivity contribution in [2.24, 2.45) is 0 Å². The summed E-state index contributed by atoms with van der Waals surface area (Å²) in [6.45, 7) is 0. The fraction of sp³-hybridized carbons (Fsp3) is 0.538. The zero-order valence-corrected chi connectivity index (χ0v) is 10.5. The molecule has 1 saturated carbocycles. The lowest BCUT2D eigenvalue weighted by molar-refractivity contribution is -0.134. The molecule has 1 amide bonds. The van der Waals surface area contributed by atoms with E-state index < -0.39 is 5.97 Å². The lowest BCUT2D eigenvalue weighted by atomic mass is 9.95. The number of allylic oxidation sites excluding steroid dienone is 1. The van der Waals surface area contributed by atoms with Gasteiger partial charge >= 0.3 is 5.97 Å². The molecule has 0 bridgehead atoms. The molecule has 1 aliphatic rings. The van der Waals surface area contributed by atoms with E-state index in [0.29, 0.717) is 0 Å². The molecular weight excluding hydrogens is 234 g/mol. The van der Waals surface area contributed by atoms with Gasteiger partial charge in [-0.3, -0.25) is 4.79 Å². The Hall–Kier alpha value is -1.78. The van der Waals surface area contributed by atoms with Gasteiger partial charge in [0.25, 0.3) is 0 Å². The summed E-state index contributed by atoms with van der Waals surface area (Å²) in [5.74, 6) is -1.19. The number of esters is 1. The Balaban J connectivity index is 2.41. The van der Waals surface area contributed by atoms with Crippen molar-refractivity contribution < 1.29 is 19.4 Å². The van der Waals surface area contributed by atoms with Gasteiger partial charge in [0, 0.05) is 18.2 Å². The topological polar surface area (TPSA) is 75.6 Å². The summed E-state index contributed by atoms with van der Waals surface area (Å²) >= 11 is 0. The number of nitrogens with one attached hydrogen (secondary N) is 1. The molecule has 0 saturated heterocycles. The van der Waals surface area contributed by atoms with Crippen LogP contribution in [0, 0.1) is 0 Å². The fourth-order valence-corrected chi connectivity index (χ4v) is 1.89. The molecule has 0 spiro atoms. The highest BCUT2D eigenvalue weighted by Gasteiger charge is 2.14. The first-order valence-electron chi connectivity index (χ1n) is 6.09. The number of hydrogen-bond donors (Lipinski definition) is 2. The zero-order chi connectivity index (χ0) is 13.4. The number of methoxy groups -OCH3 is 1. The van der Waals surface area contributed by atoms with Crippen molar-refractivity contribution in [1.82, 2.24) is 5.32 Å². The van der Waals surface area contributed by atoms with Gasteiger partial charge in [-0.05, 0) is 18.9 Å². The van der Waals surface area contributed by atoms with Crippen LogP contribution in [-0.4, -0.2) is 30.1 Å². The third-order valence-electron chi connectivity index (χ3n) is 2.82. The van der Waals surface area contributed by atoms with Crippen LogP contribution in [0.15, 0.2) is 24.0 Å². The molecule has 2 N–H and O–H groups in total. The van der Waals surface area contributed by atoms with E-state index in [1.54, 1.807) is 0 Å². The SMILES string of the molecule is COC(=O)/C=C/C(O)=CC(=O)NC1CCCCC1. The maximum atomic E-state index is 11.5. The van der Waals surface area contributed by atoms with Crippen LogP contribution < -0.4 is 5.32 Å². The van der Waals surface area contributed by atoms with E-state index in [1.165, 1.54) is 13.5 Å². The van der Waals surface area contributed by atoms with E-state index in [2.05, 4.69) is 10.1 Å². The molecule has 0 radical (unpaired) electrons. The molecule has 1 fully saturated rings. The van der Waals surface area contributed by atoms with Gasteiger partial charge in [-0.25, -0.2) is 4.79 Å². The lowest BCUT2D eigenvalue weighted by Crippen LogP contribution is -2.35. The minimum absolute atomic E-state index is 0.194. The molecule has 5 heteroatoms. The van der Waals surface area contributed by atoms with E-state index >= 15 is 0 Å². The number of amides is 1. The number of carbonyl (C=O) groups is 2. The van der Waals surface area contributed by atoms with Gasteiger partial charge in [0.2, 0.25) is 5.91 Å². The van der Waals surface area contributed by atoms with E-state index in [0.717, 1.165) is 43.9 Å². The Labute approximate surface area is 107 Å². The first-order valence-corrected chi connectivity index (χ1v) is 6.09. The van der Waals surface area contributed by atoms with Gasteiger partial charge in [0.15, 0.2) is 0 Å². The van der Waals surface area contributed by atoms with Crippen LogP contribution >= 0.6 is 0 Å². The van der Waals surface area contributed by atoms with Crippen molar-refractivity contribution in [3.8, 4) is 0 Å². The average Bonchev–Trinajstić information content (AvgIpc) is 2.37. The van der Waals surface area contributed by atoms with Crippen LogP contribution in [-0.2, 0) is 14.3 Å². The van der Waals surface area contributed by atoms with Crippen molar-refractivity contribution in [2.75, 3.05) is 7.11 Å². The second kappa shape index (κ2) is 7.53. The van der Waals surface area contributed by atoms with E-state index in [1.807, 2.05) is 0 Å². The van der Waals surface area contributed by atoms with Crippen LogP contribution in [0.2, 0.25) is 0 Å². The molecule has 0 atom stereocenters. The summed E-state index contributed by atoms with van der Waals surface area (Å²) in [6.07, 6.45) is 8.69. The van der Waals surface area contributed by atoms with Crippen LogP contribution in [0.5, 0.6) is 0 Å². The van der Waals surface area contributed by atoms with Crippen molar-refractivity contribution in [3.63, 3.8) is 0 Å². The molecule has 1 rings (SSSR count). The second-order valence-electron chi connectivity index (χ2n) is 4.27. The normalized spacial score (nSPS) is 17.7. The Morgan fingerprint density at radius 3 is 2.50 bits per heavy atom. The summed E-state index contributed by atoms with van der Waals surface area (Å²) in [5, 5.41) is 12.2. The van der Waals surface area contributed by atoms with Crippen molar-refractivity contribution in [2.45, 2.75) is 38.1 Å². The van der Waals surface area contributed by atoms with Crippen molar-refractivity contribution >= 4 is 11.9 Å². The van der Waals surface area contributed by atoms with Gasteiger partial charge in [-0.1, -0.05) is 19.3 Å². The Kier molecular flexibility index (Phi) is 5.97. The highest BCUT2D eigenvalue weighted by atomic mass is 16.5. The maximum absolute atomic E-state index is 11.5. The fourth-order valence-electron chi connectivity index (χ4n) is 1.89. The zero-order valence-electron chi connectivity index (χ0n) is 10.5. The van der Waals surface area contributed by atoms with Crippen LogP contribution in [0.4, 0.5) is 0 Å². The minimum atomic E-state index is -0.581. The summed E-state index contributed by atoms with van der Waals surface area (Å²) in [6, 6.07) is 0.194. The van der Waals surface area contributed by atoms with E-state index in [4.69, 9.17) is 0 Å². The molecule has 0 aliphatic heterocycles. The predicted octanol–water partition coefficient (Wildman–Crippen LogP) is 1.61. The molecule has 0 aromatic heterocycles. The van der Waals surface area contributed by atoms with Crippen LogP contribution in [0.1, 0.15) is 32.1 Å². The first-order chi connectivity index (χ1) is 8.61. The Morgan fingerprint density at radius 1 is 1.22 bits per heavy atom. The van der Waals surface area contributed by atoms with Crippen molar-refractivity contribution in [1.29, 1.82) is 0 Å². The lowest BCUT2D eigenvalue weighted by Gasteiger charge is -2.21. The average molecular weight is 253 g/mol. The first kappa shape index (κ1) is 14.3. The Morgan fingerprint density at radius 2 is 1.89 bits per heavy atom. The molecular formula is C13H19NO4. The highest BCUT2D eigenvalue weighted by Crippen LogP contribution is 2.17. The number of ether oxygens (including phenoxy) is 1. The second-order valence-corrected chi connectivity index (χ2v) is 4.27. The molecule has 0 heterocycles. The third-order valence-corrected chi connectivity index (χ3v) is 2.82. The minimum Gasteiger partial charge on any atom is -0.508 e. The highest BCUT2D eigenvalue weighted by molar-refractivity contribution is 5.89. The Bertz CT molecular complexity index is 354. The van der Waals surface area contributed by atoms with E-state index in [-0.39, 0.29) is 17.7 Å². The third kappa shape index (κ3) is 5.52. The molecule has 0 aromatic rings. The van der Waals surface area contributed by atoms with Crippen molar-refractivity contribution in [3.05, 3.63) is 24.0 Å². The quantitative estimate of drug-likeness (QED) is 0.345. The molecule has 1 aliphatic carbocycles. The molecule has 18 heavy (non-hydrogen) atoms. The molecule has 5 nitrogen and oxygen atoms in total. The standard InChI is InChI=1S/C13H19NO4/c1-18-13(17)8-7-11(15)9-12(16)14-10-5-3-2-4-6-10/h7-10,15H,2-6H2,1H3,(H,14,16)/b8-7+,11-9?. The van der Waals surface area contributed by atoms with Crippen LogP contribution in [0.3, 0.4) is 0 Å². The van der Waals surface area contributed by atoms with Gasteiger partial charge in [0.1, 0.15) is 5.76 Å². The molecule has 0 unspecified atom stereocenters. The van der Waals surface area contributed by atoms with Gasteiger partial charge in [0.05, 0.1) is 7.11 Å². The number of aliphatic hydroxyl groups is 1. The summed E-state index contributed by atoms with van der Waals surface area (Å²) in [5.41, 5.74) is 0. The number of hydrogen-bond acceptors (Lipinski definition) is 4. The maximum Gasteiger partial charge on any atom is 0.330 e. The molecule has 100 valence electrons. The number of rotatable bonds is 4. The van der Waals surface area contributed by atoms with Gasteiger partial charge in [-0.2, -0.15) is 0 Å². The monoisotopic (exact) mass is 253 g/mol. The predicted molar refractivity (Wildman–Crippen MR) is 66.9 cm³/mol. The van der Waals surface area contributed by atoms with Gasteiger partial charge in [-0.15, -0.1) is 0 Å². The molecule has 0 aromatic carbocycles.